The van der Waals surface area contributed by atoms with E-state index < -0.39 is 0 Å². The molecule has 2 heterocycles. The summed E-state index contributed by atoms with van der Waals surface area (Å²) in [5.41, 5.74) is 1.04. The molecule has 0 aliphatic rings. The summed E-state index contributed by atoms with van der Waals surface area (Å²) in [7, 11) is 0. The van der Waals surface area contributed by atoms with Gasteiger partial charge in [-0.05, 0) is 19.9 Å². The third-order valence-corrected chi connectivity index (χ3v) is 3.85. The number of hydrogen-bond donors (Lipinski definition) is 1. The minimum absolute atomic E-state index is 0.256. The molecular formula is C17H20N4O. The van der Waals surface area contributed by atoms with Gasteiger partial charge in [0.25, 0.3) is 0 Å². The first-order chi connectivity index (χ1) is 10.7. The lowest BCUT2D eigenvalue weighted by Gasteiger charge is -2.21. The van der Waals surface area contributed by atoms with E-state index in [1.54, 1.807) is 12.4 Å². The molecule has 22 heavy (non-hydrogen) atoms. The van der Waals surface area contributed by atoms with Crippen LogP contribution in [0.1, 0.15) is 25.8 Å². The van der Waals surface area contributed by atoms with Crippen molar-refractivity contribution in [2.24, 2.45) is 0 Å². The summed E-state index contributed by atoms with van der Waals surface area (Å²) in [4.78, 5) is 4.34. The maximum Gasteiger partial charge on any atom is 0.208 e. The highest BCUT2D eigenvalue weighted by molar-refractivity contribution is 5.55. The number of benzene rings is 1. The lowest BCUT2D eigenvalue weighted by molar-refractivity contribution is 0.349. The van der Waals surface area contributed by atoms with Gasteiger partial charge < -0.3 is 9.73 Å². The summed E-state index contributed by atoms with van der Waals surface area (Å²) in [5, 5.41) is 7.71. The maximum absolute atomic E-state index is 5.79. The van der Waals surface area contributed by atoms with Crippen LogP contribution in [0.2, 0.25) is 0 Å². The summed E-state index contributed by atoms with van der Waals surface area (Å²) in [6.07, 6.45) is 5.54. The predicted octanol–water partition coefficient (Wildman–Crippen LogP) is 3.28. The van der Waals surface area contributed by atoms with Gasteiger partial charge in [-0.15, -0.1) is 0 Å². The summed E-state index contributed by atoms with van der Waals surface area (Å²) < 4.78 is 7.74. The molecule has 0 spiro atoms. The van der Waals surface area contributed by atoms with Gasteiger partial charge in [-0.2, -0.15) is 5.10 Å². The van der Waals surface area contributed by atoms with Crippen molar-refractivity contribution in [3.8, 4) is 11.3 Å². The Morgan fingerprint density at radius 2 is 2.00 bits per heavy atom. The highest BCUT2D eigenvalue weighted by atomic mass is 16.4. The van der Waals surface area contributed by atoms with Gasteiger partial charge in [0.05, 0.1) is 18.8 Å². The van der Waals surface area contributed by atoms with Crippen LogP contribution < -0.4 is 5.32 Å². The molecule has 0 saturated heterocycles. The van der Waals surface area contributed by atoms with E-state index in [2.05, 4.69) is 29.2 Å². The Morgan fingerprint density at radius 3 is 2.73 bits per heavy atom. The summed E-state index contributed by atoms with van der Waals surface area (Å²) >= 11 is 0. The summed E-state index contributed by atoms with van der Waals surface area (Å²) in [6, 6.07) is 12.4. The first-order valence-electron chi connectivity index (χ1n) is 7.46. The smallest absolute Gasteiger partial charge is 0.208 e. The van der Waals surface area contributed by atoms with Crippen LogP contribution in [0.15, 0.2) is 59.4 Å². The van der Waals surface area contributed by atoms with Gasteiger partial charge in [-0.3, -0.25) is 4.68 Å². The number of oxazole rings is 1. The van der Waals surface area contributed by atoms with E-state index in [1.807, 2.05) is 47.3 Å². The highest BCUT2D eigenvalue weighted by Crippen LogP contribution is 2.19. The van der Waals surface area contributed by atoms with E-state index in [4.69, 9.17) is 4.42 Å². The summed E-state index contributed by atoms with van der Waals surface area (Å²) in [6.45, 7) is 4.86. The summed E-state index contributed by atoms with van der Waals surface area (Å²) in [5.74, 6) is 1.49. The molecular weight excluding hydrogens is 276 g/mol. The zero-order valence-electron chi connectivity index (χ0n) is 12.8. The van der Waals surface area contributed by atoms with E-state index in [1.165, 1.54) is 0 Å². The Bertz CT molecular complexity index is 691. The number of aromatic nitrogens is 3. The molecule has 3 rings (SSSR count). The van der Waals surface area contributed by atoms with Crippen molar-refractivity contribution in [2.45, 2.75) is 32.5 Å². The van der Waals surface area contributed by atoms with Gasteiger partial charge in [0, 0.05) is 24.0 Å². The van der Waals surface area contributed by atoms with Crippen LogP contribution in [0, 0.1) is 0 Å². The van der Waals surface area contributed by atoms with Gasteiger partial charge >= 0.3 is 0 Å². The van der Waals surface area contributed by atoms with Gasteiger partial charge in [0.15, 0.2) is 5.76 Å². The Labute approximate surface area is 130 Å². The van der Waals surface area contributed by atoms with Crippen LogP contribution in [0.4, 0.5) is 0 Å². The first-order valence-corrected chi connectivity index (χ1v) is 7.46. The third-order valence-electron chi connectivity index (χ3n) is 3.85. The molecule has 0 amide bonds. The fourth-order valence-corrected chi connectivity index (χ4v) is 2.30. The number of rotatable bonds is 6. The number of nitrogens with zero attached hydrogens (tertiary/aromatic N) is 3. The predicted molar refractivity (Wildman–Crippen MR) is 85.2 cm³/mol. The zero-order chi connectivity index (χ0) is 15.4. The van der Waals surface area contributed by atoms with Crippen molar-refractivity contribution in [2.75, 3.05) is 0 Å². The second-order valence-electron chi connectivity index (χ2n) is 5.38. The Morgan fingerprint density at radius 1 is 1.18 bits per heavy atom. The molecule has 0 aliphatic carbocycles. The molecule has 0 radical (unpaired) electrons. The van der Waals surface area contributed by atoms with Crippen LogP contribution in [0.25, 0.3) is 11.3 Å². The largest absolute Gasteiger partial charge is 0.439 e. The van der Waals surface area contributed by atoms with Crippen LogP contribution >= 0.6 is 0 Å². The molecule has 0 bridgehead atoms. The maximum atomic E-state index is 5.79. The SMILES string of the molecule is C[C@@H](NCc1ncc(-c2ccccc2)o1)[C@H](C)n1cccn1. The average Bonchev–Trinajstić information content (AvgIpc) is 3.24. The van der Waals surface area contributed by atoms with Crippen molar-refractivity contribution in [3.63, 3.8) is 0 Å². The fraction of sp³-hybridized carbons (Fsp3) is 0.294. The van der Waals surface area contributed by atoms with E-state index in [-0.39, 0.29) is 12.1 Å². The molecule has 2 atom stereocenters. The molecule has 114 valence electrons. The molecule has 0 unspecified atom stereocenters. The van der Waals surface area contributed by atoms with Gasteiger partial charge in [-0.1, -0.05) is 30.3 Å². The molecule has 0 fully saturated rings. The molecule has 1 aromatic carbocycles. The Kier molecular flexibility index (Phi) is 4.34. The minimum atomic E-state index is 0.256. The van der Waals surface area contributed by atoms with Crippen LogP contribution in [0.3, 0.4) is 0 Å². The van der Waals surface area contributed by atoms with E-state index in [0.29, 0.717) is 12.4 Å². The third kappa shape index (κ3) is 3.26. The molecule has 0 aliphatic heterocycles. The van der Waals surface area contributed by atoms with Crippen molar-refractivity contribution >= 4 is 0 Å². The molecule has 2 aromatic heterocycles. The zero-order valence-corrected chi connectivity index (χ0v) is 12.8. The lowest BCUT2D eigenvalue weighted by Crippen LogP contribution is -2.33. The first kappa shape index (κ1) is 14.5. The molecule has 3 aromatic rings. The lowest BCUT2D eigenvalue weighted by atomic mass is 10.2. The van der Waals surface area contributed by atoms with Crippen molar-refractivity contribution < 1.29 is 4.42 Å². The van der Waals surface area contributed by atoms with Gasteiger partial charge in [0.2, 0.25) is 5.89 Å². The molecule has 5 heteroatoms. The van der Waals surface area contributed by atoms with E-state index >= 15 is 0 Å². The van der Waals surface area contributed by atoms with Gasteiger partial charge in [0.1, 0.15) is 0 Å². The highest BCUT2D eigenvalue weighted by Gasteiger charge is 2.15. The quantitative estimate of drug-likeness (QED) is 0.758. The Hall–Kier alpha value is -2.40. The van der Waals surface area contributed by atoms with Gasteiger partial charge in [-0.25, -0.2) is 4.98 Å². The van der Waals surface area contributed by atoms with E-state index in [0.717, 1.165) is 11.3 Å². The molecule has 1 N–H and O–H groups in total. The standard InChI is InChI=1S/C17H20N4O/c1-13(14(2)21-10-6-9-20-21)18-12-17-19-11-16(22-17)15-7-4-3-5-8-15/h3-11,13-14,18H,12H2,1-2H3/t13-,14+/m1/s1. The number of nitrogens with one attached hydrogen (secondary N) is 1. The van der Waals surface area contributed by atoms with Crippen molar-refractivity contribution in [1.82, 2.24) is 20.1 Å². The molecule has 0 saturated carbocycles. The normalized spacial score (nSPS) is 13.9. The minimum Gasteiger partial charge on any atom is -0.439 e. The monoisotopic (exact) mass is 296 g/mol. The second-order valence-corrected chi connectivity index (χ2v) is 5.38. The van der Waals surface area contributed by atoms with Crippen LogP contribution in [0.5, 0.6) is 0 Å². The van der Waals surface area contributed by atoms with Crippen LogP contribution in [-0.2, 0) is 6.54 Å². The van der Waals surface area contributed by atoms with E-state index in [9.17, 15) is 0 Å². The van der Waals surface area contributed by atoms with Crippen molar-refractivity contribution in [3.05, 3.63) is 60.9 Å². The number of hydrogen-bond acceptors (Lipinski definition) is 4. The van der Waals surface area contributed by atoms with Crippen LogP contribution in [-0.4, -0.2) is 20.8 Å². The fourth-order valence-electron chi connectivity index (χ4n) is 2.30. The Balaban J connectivity index is 1.59. The second kappa shape index (κ2) is 6.58. The average molecular weight is 296 g/mol. The molecule has 5 nitrogen and oxygen atoms in total. The van der Waals surface area contributed by atoms with Crippen molar-refractivity contribution in [1.29, 1.82) is 0 Å². The topological polar surface area (TPSA) is 55.9 Å².